The molecule has 0 aliphatic heterocycles. The van der Waals surface area contributed by atoms with E-state index in [1.54, 1.807) is 23.7 Å². The molecule has 0 bridgehead atoms. The predicted molar refractivity (Wildman–Crippen MR) is 90.2 cm³/mol. The van der Waals surface area contributed by atoms with Crippen molar-refractivity contribution in [1.29, 1.82) is 0 Å². The fourth-order valence-corrected chi connectivity index (χ4v) is 2.41. The van der Waals surface area contributed by atoms with Crippen LogP contribution in [-0.4, -0.2) is 20.7 Å². The first-order valence-electron chi connectivity index (χ1n) is 7.11. The van der Waals surface area contributed by atoms with E-state index in [1.807, 2.05) is 43.3 Å². The fraction of sp³-hybridized carbons (Fsp3) is 0.118. The predicted octanol–water partition coefficient (Wildman–Crippen LogP) is 3.79. The number of nitrogens with zero attached hydrogens (tertiary/aromatic N) is 3. The maximum Gasteiger partial charge on any atom is 0.295 e. The molecule has 0 spiro atoms. The molecule has 0 fully saturated rings. The van der Waals surface area contributed by atoms with E-state index < -0.39 is 0 Å². The van der Waals surface area contributed by atoms with Crippen LogP contribution in [-0.2, 0) is 0 Å². The number of rotatable bonds is 3. The van der Waals surface area contributed by atoms with E-state index in [0.29, 0.717) is 10.8 Å². The van der Waals surface area contributed by atoms with E-state index in [9.17, 15) is 4.79 Å². The molecule has 1 N–H and O–H groups in total. The number of aryl methyl sites for hydroxylation is 2. The molecular weight excluding hydrogens is 312 g/mol. The van der Waals surface area contributed by atoms with Crippen LogP contribution in [0.4, 0.5) is 5.69 Å². The Balaban J connectivity index is 1.89. The summed E-state index contributed by atoms with van der Waals surface area (Å²) in [6, 6.07) is 14.8. The number of carbonyl (C=O) groups is 1. The van der Waals surface area contributed by atoms with Gasteiger partial charge in [-0.1, -0.05) is 35.9 Å². The Morgan fingerprint density at radius 1 is 1.13 bits per heavy atom. The van der Waals surface area contributed by atoms with Crippen molar-refractivity contribution < 1.29 is 4.79 Å². The Hall–Kier alpha value is -2.66. The second-order valence-corrected chi connectivity index (χ2v) is 5.58. The molecule has 3 aromatic rings. The number of para-hydroxylation sites is 1. The Kier molecular flexibility index (Phi) is 4.12. The molecule has 23 heavy (non-hydrogen) atoms. The summed E-state index contributed by atoms with van der Waals surface area (Å²) in [6.07, 6.45) is 0. The smallest absolute Gasteiger partial charge is 0.295 e. The van der Waals surface area contributed by atoms with Crippen molar-refractivity contribution in [3.05, 3.63) is 70.8 Å². The second-order valence-electron chi connectivity index (χ2n) is 5.14. The number of carbonyl (C=O) groups excluding carboxylic acids is 1. The van der Waals surface area contributed by atoms with Crippen molar-refractivity contribution in [3.8, 4) is 5.69 Å². The number of hydrogen-bond donors (Lipinski definition) is 1. The SMILES string of the molecule is Cc1ccccc1NC(=O)c1nc(C)n(-c2cccc(Cl)c2)n1. The average molecular weight is 327 g/mol. The quantitative estimate of drug-likeness (QED) is 0.796. The molecule has 5 nitrogen and oxygen atoms in total. The van der Waals surface area contributed by atoms with Gasteiger partial charge in [0.15, 0.2) is 0 Å². The van der Waals surface area contributed by atoms with E-state index in [4.69, 9.17) is 11.6 Å². The maximum absolute atomic E-state index is 12.4. The highest BCUT2D eigenvalue weighted by Crippen LogP contribution is 2.17. The summed E-state index contributed by atoms with van der Waals surface area (Å²) in [5.74, 6) is 0.385. The molecule has 2 aromatic carbocycles. The Labute approximate surface area is 138 Å². The molecule has 116 valence electrons. The summed E-state index contributed by atoms with van der Waals surface area (Å²) < 4.78 is 1.60. The molecule has 1 amide bonds. The van der Waals surface area contributed by atoms with Crippen molar-refractivity contribution >= 4 is 23.2 Å². The zero-order valence-electron chi connectivity index (χ0n) is 12.7. The van der Waals surface area contributed by atoms with Gasteiger partial charge < -0.3 is 5.32 Å². The standard InChI is InChI=1S/C17H15ClN4O/c1-11-6-3-4-9-15(11)20-17(23)16-19-12(2)22(21-16)14-8-5-7-13(18)10-14/h3-10H,1-2H3,(H,20,23). The summed E-state index contributed by atoms with van der Waals surface area (Å²) in [5, 5.41) is 7.71. The monoisotopic (exact) mass is 326 g/mol. The third kappa shape index (κ3) is 3.24. The molecular formula is C17H15ClN4O. The molecule has 6 heteroatoms. The lowest BCUT2D eigenvalue weighted by molar-refractivity contribution is 0.101. The van der Waals surface area contributed by atoms with Gasteiger partial charge in [-0.15, -0.1) is 5.10 Å². The van der Waals surface area contributed by atoms with Gasteiger partial charge in [-0.2, -0.15) is 0 Å². The van der Waals surface area contributed by atoms with Crippen LogP contribution in [0.15, 0.2) is 48.5 Å². The minimum absolute atomic E-state index is 0.116. The van der Waals surface area contributed by atoms with Crippen LogP contribution in [0.25, 0.3) is 5.69 Å². The number of hydrogen-bond acceptors (Lipinski definition) is 3. The first-order chi connectivity index (χ1) is 11.0. The van der Waals surface area contributed by atoms with E-state index in [1.165, 1.54) is 0 Å². The summed E-state index contributed by atoms with van der Waals surface area (Å²) in [7, 11) is 0. The lowest BCUT2D eigenvalue weighted by atomic mass is 10.2. The molecule has 1 heterocycles. The maximum atomic E-state index is 12.4. The van der Waals surface area contributed by atoms with Crippen LogP contribution in [0, 0.1) is 13.8 Å². The highest BCUT2D eigenvalue weighted by Gasteiger charge is 2.16. The molecule has 0 aliphatic rings. The van der Waals surface area contributed by atoms with Gasteiger partial charge in [-0.05, 0) is 43.7 Å². The average Bonchev–Trinajstić information content (AvgIpc) is 2.92. The van der Waals surface area contributed by atoms with Crippen molar-refractivity contribution in [3.63, 3.8) is 0 Å². The van der Waals surface area contributed by atoms with Gasteiger partial charge in [-0.25, -0.2) is 9.67 Å². The van der Waals surface area contributed by atoms with Crippen molar-refractivity contribution in [1.82, 2.24) is 14.8 Å². The van der Waals surface area contributed by atoms with Crippen LogP contribution < -0.4 is 5.32 Å². The van der Waals surface area contributed by atoms with E-state index >= 15 is 0 Å². The van der Waals surface area contributed by atoms with Crippen LogP contribution in [0.3, 0.4) is 0 Å². The molecule has 0 saturated carbocycles. The van der Waals surface area contributed by atoms with E-state index in [2.05, 4.69) is 15.4 Å². The molecule has 0 saturated heterocycles. The Morgan fingerprint density at radius 3 is 2.65 bits per heavy atom. The van der Waals surface area contributed by atoms with Crippen LogP contribution in [0.2, 0.25) is 5.02 Å². The first-order valence-corrected chi connectivity index (χ1v) is 7.49. The number of anilines is 1. The molecule has 0 radical (unpaired) electrons. The second kappa shape index (κ2) is 6.22. The molecule has 0 aliphatic carbocycles. The van der Waals surface area contributed by atoms with E-state index in [0.717, 1.165) is 16.9 Å². The Morgan fingerprint density at radius 2 is 1.91 bits per heavy atom. The highest BCUT2D eigenvalue weighted by molar-refractivity contribution is 6.30. The van der Waals surface area contributed by atoms with E-state index in [-0.39, 0.29) is 11.7 Å². The van der Waals surface area contributed by atoms with Crippen molar-refractivity contribution in [2.75, 3.05) is 5.32 Å². The van der Waals surface area contributed by atoms with Gasteiger partial charge in [-0.3, -0.25) is 4.79 Å². The lowest BCUT2D eigenvalue weighted by Gasteiger charge is -2.05. The third-order valence-corrected chi connectivity index (χ3v) is 3.65. The lowest BCUT2D eigenvalue weighted by Crippen LogP contribution is -2.15. The minimum atomic E-state index is -0.344. The van der Waals surface area contributed by atoms with Gasteiger partial charge in [0, 0.05) is 10.7 Å². The number of nitrogens with one attached hydrogen (secondary N) is 1. The van der Waals surface area contributed by atoms with Crippen LogP contribution in [0.1, 0.15) is 22.0 Å². The summed E-state index contributed by atoms with van der Waals surface area (Å²) in [6.45, 7) is 3.72. The first kappa shape index (κ1) is 15.2. The molecule has 0 unspecified atom stereocenters. The zero-order valence-corrected chi connectivity index (χ0v) is 13.5. The Bertz CT molecular complexity index is 873. The molecule has 0 atom stereocenters. The largest absolute Gasteiger partial charge is 0.319 e. The normalized spacial score (nSPS) is 10.6. The summed E-state index contributed by atoms with van der Waals surface area (Å²) in [5.41, 5.74) is 2.48. The summed E-state index contributed by atoms with van der Waals surface area (Å²) >= 11 is 6.00. The minimum Gasteiger partial charge on any atom is -0.319 e. The topological polar surface area (TPSA) is 59.8 Å². The number of amides is 1. The van der Waals surface area contributed by atoms with Gasteiger partial charge in [0.25, 0.3) is 5.91 Å². The van der Waals surface area contributed by atoms with Gasteiger partial charge >= 0.3 is 0 Å². The highest BCUT2D eigenvalue weighted by atomic mass is 35.5. The molecule has 1 aromatic heterocycles. The van der Waals surface area contributed by atoms with Crippen molar-refractivity contribution in [2.24, 2.45) is 0 Å². The molecule has 3 rings (SSSR count). The fourth-order valence-electron chi connectivity index (χ4n) is 2.23. The van der Waals surface area contributed by atoms with Gasteiger partial charge in [0.05, 0.1) is 5.69 Å². The zero-order chi connectivity index (χ0) is 16.4. The van der Waals surface area contributed by atoms with Gasteiger partial charge in [0.1, 0.15) is 5.82 Å². The number of halogens is 1. The number of benzene rings is 2. The number of aromatic nitrogens is 3. The van der Waals surface area contributed by atoms with Crippen LogP contribution in [0.5, 0.6) is 0 Å². The third-order valence-electron chi connectivity index (χ3n) is 3.42. The van der Waals surface area contributed by atoms with Crippen molar-refractivity contribution in [2.45, 2.75) is 13.8 Å². The van der Waals surface area contributed by atoms with Gasteiger partial charge in [0.2, 0.25) is 5.82 Å². The van der Waals surface area contributed by atoms with Crippen LogP contribution >= 0.6 is 11.6 Å². The summed E-state index contributed by atoms with van der Waals surface area (Å²) in [4.78, 5) is 16.6.